The fraction of sp³-hybridized carbons (Fsp3) is 0.474. The maximum atomic E-state index is 4.16. The molecule has 1 aromatic heterocycles. The number of hydrogen-bond donors (Lipinski definition) is 0. The van der Waals surface area contributed by atoms with Crippen molar-refractivity contribution in [3.05, 3.63) is 59.7 Å². The predicted octanol–water partition coefficient (Wildman–Crippen LogP) is 3.56. The summed E-state index contributed by atoms with van der Waals surface area (Å²) >= 11 is 0. The summed E-state index contributed by atoms with van der Waals surface area (Å²) in [6.07, 6.45) is 12.1. The average molecular weight is 293 g/mol. The second-order valence-corrected chi connectivity index (χ2v) is 6.62. The van der Waals surface area contributed by atoms with Gasteiger partial charge in [-0.3, -0.25) is 4.90 Å². The molecule has 3 nitrogen and oxygen atoms in total. The van der Waals surface area contributed by atoms with E-state index in [2.05, 4.69) is 39.1 Å². The second kappa shape index (κ2) is 6.17. The van der Waals surface area contributed by atoms with Crippen LogP contribution in [0.25, 0.3) is 0 Å². The summed E-state index contributed by atoms with van der Waals surface area (Å²) < 4.78 is 0. The zero-order chi connectivity index (χ0) is 14.8. The van der Waals surface area contributed by atoms with Crippen molar-refractivity contribution in [2.45, 2.75) is 50.6 Å². The van der Waals surface area contributed by atoms with Gasteiger partial charge in [0.25, 0.3) is 0 Å². The number of fused-ring (bicyclic) bond motifs is 1. The molecule has 0 spiro atoms. The number of likely N-dealkylation sites (tertiary alicyclic amines) is 1. The molecular weight excluding hydrogens is 270 g/mol. The highest BCUT2D eigenvalue weighted by Crippen LogP contribution is 2.40. The van der Waals surface area contributed by atoms with Crippen molar-refractivity contribution in [3.63, 3.8) is 0 Å². The first-order chi connectivity index (χ1) is 10.9. The monoisotopic (exact) mass is 293 g/mol. The summed E-state index contributed by atoms with van der Waals surface area (Å²) in [4.78, 5) is 11.0. The van der Waals surface area contributed by atoms with Crippen molar-refractivity contribution in [2.75, 3.05) is 6.54 Å². The molecule has 0 N–H and O–H groups in total. The SMILES string of the molecule is c1ccc2c(c1)CCCC2C1CCCN1Cc1cncnc1. The highest BCUT2D eigenvalue weighted by Gasteiger charge is 2.34. The molecule has 0 amide bonds. The first-order valence-electron chi connectivity index (χ1n) is 8.47. The zero-order valence-electron chi connectivity index (χ0n) is 13.0. The van der Waals surface area contributed by atoms with Crippen molar-refractivity contribution in [3.8, 4) is 0 Å². The lowest BCUT2D eigenvalue weighted by molar-refractivity contribution is 0.204. The van der Waals surface area contributed by atoms with E-state index < -0.39 is 0 Å². The normalized spacial score (nSPS) is 25.1. The van der Waals surface area contributed by atoms with Gasteiger partial charge in [-0.15, -0.1) is 0 Å². The Morgan fingerprint density at radius 3 is 2.82 bits per heavy atom. The maximum Gasteiger partial charge on any atom is 0.115 e. The van der Waals surface area contributed by atoms with Crippen LogP contribution in [0.1, 0.15) is 48.3 Å². The quantitative estimate of drug-likeness (QED) is 0.866. The zero-order valence-corrected chi connectivity index (χ0v) is 13.0. The van der Waals surface area contributed by atoms with Gasteiger partial charge in [0.15, 0.2) is 0 Å². The van der Waals surface area contributed by atoms with Crippen LogP contribution in [0.15, 0.2) is 43.0 Å². The molecule has 2 aromatic rings. The lowest BCUT2D eigenvalue weighted by Gasteiger charge is -2.35. The van der Waals surface area contributed by atoms with Crippen molar-refractivity contribution < 1.29 is 0 Å². The molecule has 1 fully saturated rings. The molecule has 3 heteroatoms. The highest BCUT2D eigenvalue weighted by molar-refractivity contribution is 5.34. The first kappa shape index (κ1) is 13.9. The van der Waals surface area contributed by atoms with Gasteiger partial charge in [0.2, 0.25) is 0 Å². The maximum absolute atomic E-state index is 4.16. The largest absolute Gasteiger partial charge is 0.295 e. The minimum absolute atomic E-state index is 0.682. The molecule has 1 aliphatic heterocycles. The van der Waals surface area contributed by atoms with E-state index in [4.69, 9.17) is 0 Å². The van der Waals surface area contributed by atoms with Crippen LogP contribution in [0.3, 0.4) is 0 Å². The summed E-state index contributed by atoms with van der Waals surface area (Å²) in [6.45, 7) is 2.20. The van der Waals surface area contributed by atoms with Gasteiger partial charge in [0.1, 0.15) is 6.33 Å². The third kappa shape index (κ3) is 2.66. The molecule has 114 valence electrons. The van der Waals surface area contributed by atoms with Gasteiger partial charge >= 0.3 is 0 Å². The molecule has 0 bridgehead atoms. The van der Waals surface area contributed by atoms with Crippen LogP contribution in [-0.2, 0) is 13.0 Å². The van der Waals surface area contributed by atoms with Gasteiger partial charge < -0.3 is 0 Å². The van der Waals surface area contributed by atoms with E-state index >= 15 is 0 Å². The predicted molar refractivity (Wildman–Crippen MR) is 87.6 cm³/mol. The van der Waals surface area contributed by atoms with Crippen LogP contribution in [0.2, 0.25) is 0 Å². The standard InChI is InChI=1S/C19H23N3/c1-2-7-17-16(5-1)6-3-8-18(17)19-9-4-10-22(19)13-15-11-20-14-21-12-15/h1-2,5,7,11-12,14,18-19H,3-4,6,8-10,13H2. The highest BCUT2D eigenvalue weighted by atomic mass is 15.2. The van der Waals surface area contributed by atoms with E-state index in [0.717, 1.165) is 6.54 Å². The van der Waals surface area contributed by atoms with E-state index in [1.54, 1.807) is 17.5 Å². The van der Waals surface area contributed by atoms with Gasteiger partial charge in [0, 0.05) is 30.5 Å². The summed E-state index contributed by atoms with van der Waals surface area (Å²) in [5.74, 6) is 0.706. The van der Waals surface area contributed by atoms with Gasteiger partial charge in [-0.1, -0.05) is 24.3 Å². The molecule has 0 saturated carbocycles. The Balaban J connectivity index is 1.57. The smallest absolute Gasteiger partial charge is 0.115 e. The van der Waals surface area contributed by atoms with Crippen LogP contribution in [0.5, 0.6) is 0 Å². The van der Waals surface area contributed by atoms with Gasteiger partial charge in [-0.05, 0) is 55.7 Å². The summed E-state index contributed by atoms with van der Waals surface area (Å²) in [6, 6.07) is 9.77. The van der Waals surface area contributed by atoms with Gasteiger partial charge in [-0.2, -0.15) is 0 Å². The van der Waals surface area contributed by atoms with Crippen LogP contribution in [-0.4, -0.2) is 27.5 Å². The molecule has 0 radical (unpaired) electrons. The Labute approximate surface area is 132 Å². The molecule has 22 heavy (non-hydrogen) atoms. The fourth-order valence-electron chi connectivity index (χ4n) is 4.34. The number of aryl methyl sites for hydroxylation is 1. The van der Waals surface area contributed by atoms with Crippen LogP contribution in [0, 0.1) is 0 Å². The minimum atomic E-state index is 0.682. The van der Waals surface area contributed by atoms with E-state index in [1.165, 1.54) is 44.2 Å². The van der Waals surface area contributed by atoms with E-state index in [0.29, 0.717) is 12.0 Å². The Hall–Kier alpha value is -1.74. The molecular formula is C19H23N3. The number of hydrogen-bond acceptors (Lipinski definition) is 3. The average Bonchev–Trinajstić information content (AvgIpc) is 3.03. The van der Waals surface area contributed by atoms with Crippen molar-refractivity contribution in [1.82, 2.24) is 14.9 Å². The second-order valence-electron chi connectivity index (χ2n) is 6.62. The Morgan fingerprint density at radius 2 is 1.91 bits per heavy atom. The topological polar surface area (TPSA) is 29.0 Å². The Morgan fingerprint density at radius 1 is 1.05 bits per heavy atom. The molecule has 1 aromatic carbocycles. The van der Waals surface area contributed by atoms with Crippen LogP contribution in [0.4, 0.5) is 0 Å². The van der Waals surface area contributed by atoms with Crippen LogP contribution < -0.4 is 0 Å². The lowest BCUT2D eigenvalue weighted by atomic mass is 9.78. The van der Waals surface area contributed by atoms with Crippen molar-refractivity contribution >= 4 is 0 Å². The molecule has 2 heterocycles. The number of benzene rings is 1. The molecule has 1 aliphatic carbocycles. The third-order valence-electron chi connectivity index (χ3n) is 5.29. The van der Waals surface area contributed by atoms with Gasteiger partial charge in [-0.25, -0.2) is 9.97 Å². The summed E-state index contributed by atoms with van der Waals surface area (Å²) in [5, 5.41) is 0. The third-order valence-corrected chi connectivity index (χ3v) is 5.29. The summed E-state index contributed by atoms with van der Waals surface area (Å²) in [7, 11) is 0. The fourth-order valence-corrected chi connectivity index (χ4v) is 4.34. The summed E-state index contributed by atoms with van der Waals surface area (Å²) in [5.41, 5.74) is 4.42. The van der Waals surface area contributed by atoms with Crippen molar-refractivity contribution in [1.29, 1.82) is 0 Å². The lowest BCUT2D eigenvalue weighted by Crippen LogP contribution is -2.35. The Kier molecular flexibility index (Phi) is 3.90. The Bertz CT molecular complexity index is 626. The van der Waals surface area contributed by atoms with E-state index in [1.807, 2.05) is 12.4 Å². The molecule has 1 saturated heterocycles. The molecule has 2 unspecified atom stereocenters. The number of nitrogens with zero attached hydrogens (tertiary/aromatic N) is 3. The van der Waals surface area contributed by atoms with E-state index in [-0.39, 0.29) is 0 Å². The minimum Gasteiger partial charge on any atom is -0.295 e. The molecule has 4 rings (SSSR count). The van der Waals surface area contributed by atoms with Crippen LogP contribution >= 0.6 is 0 Å². The van der Waals surface area contributed by atoms with E-state index in [9.17, 15) is 0 Å². The van der Waals surface area contributed by atoms with Crippen molar-refractivity contribution in [2.24, 2.45) is 0 Å². The number of aromatic nitrogens is 2. The van der Waals surface area contributed by atoms with Gasteiger partial charge in [0.05, 0.1) is 0 Å². The first-order valence-corrected chi connectivity index (χ1v) is 8.47. The molecule has 2 atom stereocenters. The molecule has 2 aliphatic rings. The number of rotatable bonds is 3.